The molecule has 2 aromatic rings. The van der Waals surface area contributed by atoms with Gasteiger partial charge in [0.1, 0.15) is 11.5 Å². The molecule has 0 aliphatic rings. The Hall–Kier alpha value is -2.54. The zero-order valence-electron chi connectivity index (χ0n) is 10.2. The molecule has 102 valence electrons. The van der Waals surface area contributed by atoms with Gasteiger partial charge in [-0.15, -0.1) is 0 Å². The van der Waals surface area contributed by atoms with E-state index in [4.69, 9.17) is 12.2 Å². The first-order valence-electron chi connectivity index (χ1n) is 5.64. The number of nitrogens with one attached hydrogen (secondary N) is 2. The van der Waals surface area contributed by atoms with Gasteiger partial charge >= 0.3 is 0 Å². The highest BCUT2D eigenvalue weighted by Gasteiger charge is 2.13. The highest BCUT2D eigenvalue weighted by Crippen LogP contribution is 2.23. The van der Waals surface area contributed by atoms with E-state index in [1.807, 2.05) is 0 Å². The van der Waals surface area contributed by atoms with E-state index < -0.39 is 10.7 Å². The third kappa shape index (κ3) is 3.27. The minimum Gasteiger partial charge on any atom is -0.330 e. The smallest absolute Gasteiger partial charge is 0.292 e. The molecule has 0 aromatic heterocycles. The number of hydrogen-bond donors (Lipinski definition) is 2. The molecule has 0 heterocycles. The molecule has 2 rings (SSSR count). The van der Waals surface area contributed by atoms with Crippen LogP contribution in [0, 0.1) is 15.9 Å². The summed E-state index contributed by atoms with van der Waals surface area (Å²) in [5.41, 5.74) is 0.333. The Morgan fingerprint density at radius 3 is 2.25 bits per heavy atom. The first kappa shape index (κ1) is 13.9. The number of rotatable bonds is 3. The van der Waals surface area contributed by atoms with Crippen molar-refractivity contribution in [1.29, 1.82) is 0 Å². The van der Waals surface area contributed by atoms with E-state index in [9.17, 15) is 14.5 Å². The zero-order chi connectivity index (χ0) is 14.5. The van der Waals surface area contributed by atoms with E-state index in [2.05, 4.69) is 10.6 Å². The molecule has 5 nitrogen and oxygen atoms in total. The number of nitro benzene ring substituents is 1. The molecule has 0 aliphatic heterocycles. The third-order valence-corrected chi connectivity index (χ3v) is 2.68. The average molecular weight is 291 g/mol. The van der Waals surface area contributed by atoms with Crippen LogP contribution in [0.1, 0.15) is 0 Å². The summed E-state index contributed by atoms with van der Waals surface area (Å²) in [6.07, 6.45) is 0. The van der Waals surface area contributed by atoms with Gasteiger partial charge < -0.3 is 10.6 Å². The van der Waals surface area contributed by atoms with E-state index in [1.54, 1.807) is 24.3 Å². The van der Waals surface area contributed by atoms with Crippen molar-refractivity contribution in [3.05, 3.63) is 64.5 Å². The Kier molecular flexibility index (Phi) is 4.21. The standard InChI is InChI=1S/C13H10FN3O2S/c14-9-5-1-2-6-10(9)15-13(20)16-11-7-3-4-8-12(11)17(18)19/h1-8H,(H2,15,16,20). The number of para-hydroxylation sites is 3. The monoisotopic (exact) mass is 291 g/mol. The Balaban J connectivity index is 2.13. The fraction of sp³-hybridized carbons (Fsp3) is 0. The maximum absolute atomic E-state index is 13.4. The first-order valence-corrected chi connectivity index (χ1v) is 6.04. The van der Waals surface area contributed by atoms with Crippen molar-refractivity contribution in [1.82, 2.24) is 0 Å². The van der Waals surface area contributed by atoms with Crippen molar-refractivity contribution in [2.75, 3.05) is 10.6 Å². The Labute approximate surface area is 119 Å². The summed E-state index contributed by atoms with van der Waals surface area (Å²) in [6.45, 7) is 0. The fourth-order valence-electron chi connectivity index (χ4n) is 1.58. The van der Waals surface area contributed by atoms with Crippen molar-refractivity contribution in [2.24, 2.45) is 0 Å². The van der Waals surface area contributed by atoms with E-state index in [1.165, 1.54) is 24.3 Å². The molecule has 7 heteroatoms. The van der Waals surface area contributed by atoms with Crippen LogP contribution >= 0.6 is 12.2 Å². The highest BCUT2D eigenvalue weighted by atomic mass is 32.1. The van der Waals surface area contributed by atoms with Crippen LogP contribution in [-0.4, -0.2) is 10.0 Å². The molecular weight excluding hydrogens is 281 g/mol. The summed E-state index contributed by atoms with van der Waals surface area (Å²) >= 11 is 5.01. The van der Waals surface area contributed by atoms with Crippen LogP contribution in [0.15, 0.2) is 48.5 Å². The van der Waals surface area contributed by atoms with Crippen molar-refractivity contribution < 1.29 is 9.31 Å². The van der Waals surface area contributed by atoms with E-state index in [0.717, 1.165) is 0 Å². The molecule has 0 amide bonds. The lowest BCUT2D eigenvalue weighted by molar-refractivity contribution is -0.383. The van der Waals surface area contributed by atoms with Gasteiger partial charge in [-0.1, -0.05) is 24.3 Å². The lowest BCUT2D eigenvalue weighted by Gasteiger charge is -2.11. The number of halogens is 1. The van der Waals surface area contributed by atoms with Gasteiger partial charge in [0, 0.05) is 6.07 Å². The Morgan fingerprint density at radius 1 is 1.05 bits per heavy atom. The minimum atomic E-state index is -0.520. The lowest BCUT2D eigenvalue weighted by Crippen LogP contribution is -2.20. The lowest BCUT2D eigenvalue weighted by atomic mass is 10.2. The summed E-state index contributed by atoms with van der Waals surface area (Å²) in [5.74, 6) is -0.459. The largest absolute Gasteiger partial charge is 0.330 e. The Morgan fingerprint density at radius 2 is 1.60 bits per heavy atom. The molecule has 0 fully saturated rings. The zero-order valence-corrected chi connectivity index (χ0v) is 11.0. The van der Waals surface area contributed by atoms with Crippen LogP contribution in [-0.2, 0) is 0 Å². The van der Waals surface area contributed by atoms with Crippen molar-refractivity contribution >= 4 is 34.4 Å². The normalized spacial score (nSPS) is 9.85. The number of benzene rings is 2. The molecule has 0 aliphatic carbocycles. The Bertz CT molecular complexity index is 664. The molecule has 0 spiro atoms. The molecule has 0 saturated carbocycles. The van der Waals surface area contributed by atoms with E-state index >= 15 is 0 Å². The van der Waals surface area contributed by atoms with Crippen LogP contribution in [0.5, 0.6) is 0 Å². The maximum atomic E-state index is 13.4. The molecule has 0 atom stereocenters. The molecular formula is C13H10FN3O2S. The van der Waals surface area contributed by atoms with Crippen LogP contribution in [0.2, 0.25) is 0 Å². The molecule has 2 N–H and O–H groups in total. The molecule has 20 heavy (non-hydrogen) atoms. The van der Waals surface area contributed by atoms with E-state index in [-0.39, 0.29) is 22.2 Å². The number of hydrogen-bond acceptors (Lipinski definition) is 3. The average Bonchev–Trinajstić information content (AvgIpc) is 2.41. The van der Waals surface area contributed by atoms with Gasteiger partial charge in [-0.2, -0.15) is 0 Å². The predicted molar refractivity (Wildman–Crippen MR) is 79.3 cm³/mol. The van der Waals surface area contributed by atoms with Gasteiger partial charge in [-0.05, 0) is 30.4 Å². The quantitative estimate of drug-likeness (QED) is 0.514. The molecule has 2 aromatic carbocycles. The van der Waals surface area contributed by atoms with Crippen LogP contribution in [0.25, 0.3) is 0 Å². The van der Waals surface area contributed by atoms with Gasteiger partial charge in [0.2, 0.25) is 0 Å². The minimum absolute atomic E-state index is 0.0735. The van der Waals surface area contributed by atoms with Crippen LogP contribution in [0.4, 0.5) is 21.5 Å². The molecule has 0 saturated heterocycles. The summed E-state index contributed by atoms with van der Waals surface area (Å²) in [5, 5.41) is 16.3. The van der Waals surface area contributed by atoms with Crippen LogP contribution in [0.3, 0.4) is 0 Å². The van der Waals surface area contributed by atoms with Gasteiger partial charge in [0.05, 0.1) is 10.6 Å². The van der Waals surface area contributed by atoms with Gasteiger partial charge in [0.15, 0.2) is 5.11 Å². The second-order valence-corrected chi connectivity index (χ2v) is 4.24. The van der Waals surface area contributed by atoms with E-state index in [0.29, 0.717) is 0 Å². The third-order valence-electron chi connectivity index (χ3n) is 2.47. The maximum Gasteiger partial charge on any atom is 0.292 e. The highest BCUT2D eigenvalue weighted by molar-refractivity contribution is 7.80. The van der Waals surface area contributed by atoms with Crippen molar-refractivity contribution in [3.63, 3.8) is 0 Å². The molecule has 0 bridgehead atoms. The number of anilines is 2. The van der Waals surface area contributed by atoms with Gasteiger partial charge in [-0.25, -0.2) is 4.39 Å². The van der Waals surface area contributed by atoms with Gasteiger partial charge in [-0.3, -0.25) is 10.1 Å². The summed E-state index contributed by atoms with van der Waals surface area (Å²) < 4.78 is 13.4. The topological polar surface area (TPSA) is 67.2 Å². The molecule has 0 unspecified atom stereocenters. The summed E-state index contributed by atoms with van der Waals surface area (Å²) in [6, 6.07) is 12.1. The van der Waals surface area contributed by atoms with Crippen molar-refractivity contribution in [3.8, 4) is 0 Å². The SMILES string of the molecule is O=[N+]([O-])c1ccccc1NC(=S)Nc1ccccc1F. The molecule has 0 radical (unpaired) electrons. The second kappa shape index (κ2) is 6.07. The first-order chi connectivity index (χ1) is 9.58. The number of nitro groups is 1. The van der Waals surface area contributed by atoms with Crippen LogP contribution < -0.4 is 10.6 Å². The van der Waals surface area contributed by atoms with Crippen molar-refractivity contribution in [2.45, 2.75) is 0 Å². The predicted octanol–water partition coefficient (Wildman–Crippen LogP) is 3.54. The summed E-state index contributed by atoms with van der Waals surface area (Å²) in [4.78, 5) is 10.3. The number of nitrogens with zero attached hydrogens (tertiary/aromatic N) is 1. The second-order valence-electron chi connectivity index (χ2n) is 3.83. The fourth-order valence-corrected chi connectivity index (χ4v) is 1.80. The summed E-state index contributed by atoms with van der Waals surface area (Å²) in [7, 11) is 0. The van der Waals surface area contributed by atoms with Gasteiger partial charge in [0.25, 0.3) is 5.69 Å². The number of thiocarbonyl (C=S) groups is 1.